The van der Waals surface area contributed by atoms with E-state index in [0.29, 0.717) is 5.57 Å². The molecule has 0 saturated carbocycles. The van der Waals surface area contributed by atoms with Crippen LogP contribution in [0.5, 0.6) is 0 Å². The third kappa shape index (κ3) is 18.1. The molecule has 0 aliphatic carbocycles. The van der Waals surface area contributed by atoms with Crippen molar-refractivity contribution in [3.05, 3.63) is 66.0 Å². The van der Waals surface area contributed by atoms with Crippen LogP contribution in [0, 0.1) is 23.7 Å². The van der Waals surface area contributed by atoms with Crippen molar-refractivity contribution < 1.29 is 90.4 Å². The smallest absolute Gasteiger partial charge is 0.357 e. The van der Waals surface area contributed by atoms with E-state index in [-0.39, 0.29) is 44.0 Å². The summed E-state index contributed by atoms with van der Waals surface area (Å²) in [5.41, 5.74) is 0.584. The Balaban J connectivity index is 1.89. The average Bonchev–Trinajstić information content (AvgIpc) is 3.36. The van der Waals surface area contributed by atoms with E-state index < -0.39 is 146 Å². The summed E-state index contributed by atoms with van der Waals surface area (Å²) in [4.78, 5) is 99.1. The molecule has 4 rings (SSSR count). The minimum atomic E-state index is -1.38. The highest BCUT2D eigenvalue weighted by Gasteiger charge is 2.52. The van der Waals surface area contributed by atoms with Crippen LogP contribution in [0.4, 0.5) is 0 Å². The lowest BCUT2D eigenvalue weighted by molar-refractivity contribution is -0.308. The lowest BCUT2D eigenvalue weighted by atomic mass is 9.79. The molecule has 21 nitrogen and oxygen atoms in total. The van der Waals surface area contributed by atoms with Gasteiger partial charge in [-0.15, -0.1) is 0 Å². The molecular formula is C55H80N2O19. The van der Waals surface area contributed by atoms with Crippen molar-refractivity contribution in [1.29, 1.82) is 0 Å². The molecule has 0 N–H and O–H groups in total. The lowest BCUT2D eigenvalue weighted by Gasteiger charge is -2.48. The van der Waals surface area contributed by atoms with E-state index in [1.165, 1.54) is 59.4 Å². The van der Waals surface area contributed by atoms with Crippen LogP contribution in [0.3, 0.4) is 0 Å². The van der Waals surface area contributed by atoms with E-state index in [1.807, 2.05) is 13.0 Å². The molecule has 0 aromatic carbocycles. The molecule has 0 spiro atoms. The van der Waals surface area contributed by atoms with Gasteiger partial charge in [0.15, 0.2) is 30.6 Å². The van der Waals surface area contributed by atoms with Gasteiger partial charge in [-0.2, -0.15) is 0 Å². The maximum atomic E-state index is 14.7. The third-order valence-electron chi connectivity index (χ3n) is 13.6. The molecule has 0 radical (unpaired) electrons. The number of hydrogen-bond donors (Lipinski definition) is 0. The van der Waals surface area contributed by atoms with E-state index in [9.17, 15) is 33.6 Å². The Hall–Kier alpha value is -5.42. The van der Waals surface area contributed by atoms with Crippen LogP contribution in [-0.2, 0) is 85.6 Å². The molecule has 3 aliphatic rings. The number of likely N-dealkylation sites (N-methyl/N-ethyl adjacent to an activating group) is 1. The number of esters is 6. The number of carbonyl (C=O) groups is 7. The second-order valence-electron chi connectivity index (χ2n) is 19.7. The highest BCUT2D eigenvalue weighted by molar-refractivity contribution is 5.92. The molecule has 0 unspecified atom stereocenters. The van der Waals surface area contributed by atoms with Crippen LogP contribution >= 0.6 is 0 Å². The fourth-order valence-electron chi connectivity index (χ4n) is 9.95. The number of rotatable bonds is 18. The van der Waals surface area contributed by atoms with Gasteiger partial charge in [0.1, 0.15) is 36.2 Å². The number of aromatic nitrogens is 1. The van der Waals surface area contributed by atoms with Crippen molar-refractivity contribution in [2.75, 3.05) is 41.5 Å². The van der Waals surface area contributed by atoms with Crippen molar-refractivity contribution in [3.63, 3.8) is 0 Å². The monoisotopic (exact) mass is 1070 g/mol. The first-order valence-electron chi connectivity index (χ1n) is 25.9. The minimum Gasteiger partial charge on any atom is -0.463 e. The molecule has 1 aromatic rings. The summed E-state index contributed by atoms with van der Waals surface area (Å²) < 4.78 is 72.7. The number of ether oxygens (including phenoxy) is 12. The second kappa shape index (κ2) is 30.5. The molecule has 3 aliphatic heterocycles. The maximum absolute atomic E-state index is 14.7. The SMILES string of the molecule is CCOC(=O)/C=C/C[C@H]1C[C@@H](C)C(=O)/C=C/C(C)=C/[C@H](CO[C@@H]2O[C@H](C)[C@@H](OC(C)=O)[C@@H](OC)[C@H]2OC)[C@@H](CC)OC(=O)C[C@@H](OC(=O)c2ccccn2)[C@H](C)[C@H]1O[C@H]1O[C@@H](C)[C@H](OC(C)=O)[C@@H](N(C)C)[C@@H]1OC(C)=O. The summed E-state index contributed by atoms with van der Waals surface area (Å²) in [6.07, 6.45) is -2.60. The molecular weight excluding hydrogens is 993 g/mol. The van der Waals surface area contributed by atoms with Gasteiger partial charge >= 0.3 is 35.8 Å². The van der Waals surface area contributed by atoms with Crippen LogP contribution in [0.1, 0.15) is 105 Å². The number of cyclic esters (lactones) is 1. The summed E-state index contributed by atoms with van der Waals surface area (Å²) in [5, 5.41) is 0. The number of nitrogens with zero attached hydrogens (tertiary/aromatic N) is 2. The molecule has 17 atom stereocenters. The zero-order chi connectivity index (χ0) is 56.4. The van der Waals surface area contributed by atoms with Crippen molar-refractivity contribution >= 4 is 41.6 Å². The van der Waals surface area contributed by atoms with E-state index in [2.05, 4.69) is 4.98 Å². The molecule has 0 bridgehead atoms. The van der Waals surface area contributed by atoms with E-state index >= 15 is 0 Å². The second-order valence-corrected chi connectivity index (χ2v) is 19.7. The fourth-order valence-corrected chi connectivity index (χ4v) is 9.95. The number of carbonyl (C=O) groups excluding carboxylic acids is 7. The first-order chi connectivity index (χ1) is 36.0. The van der Waals surface area contributed by atoms with E-state index in [4.69, 9.17) is 56.8 Å². The van der Waals surface area contributed by atoms with Gasteiger partial charge in [-0.1, -0.05) is 50.6 Å². The summed E-state index contributed by atoms with van der Waals surface area (Å²) in [7, 11) is 6.36. The Bertz CT molecular complexity index is 2180. The zero-order valence-electron chi connectivity index (χ0n) is 46.4. The Labute approximate surface area is 446 Å². The number of methoxy groups -OCH3 is 2. The standard InChI is InChI=1S/C55H80N2O19/c1-15-42-39(29-68-54-52(66-14)51(65-13)49(34(7)69-54)72-36(9)59)26-30(3)23-24-41(61)31(4)27-38(20-19-22-44(62)67-16-2)47(32(5)43(28-45(63)74-42)75-53(64)40-21-17-18-25-56-40)76-55-50(73-37(10)60)46(57(11)12)48(33(6)70-55)71-35(8)58/h17-19,21-26,31-34,38-39,42-43,46-52,54-55H,15-16,20,27-29H2,1-14H3/b22-19+,24-23+,30-26+/t31-,32+,33+,34-,38+,39-,42-,43-,46-,47-,48+,49-,50+,51-,52-,54-,55-/m1/s1. The highest BCUT2D eigenvalue weighted by Crippen LogP contribution is 2.38. The Morgan fingerprint density at radius 2 is 1.42 bits per heavy atom. The lowest BCUT2D eigenvalue weighted by Crippen LogP contribution is -2.65. The Kier molecular flexibility index (Phi) is 25.3. The number of ketones is 1. The predicted molar refractivity (Wildman–Crippen MR) is 272 cm³/mol. The van der Waals surface area contributed by atoms with Crippen LogP contribution in [0.2, 0.25) is 0 Å². The molecule has 21 heteroatoms. The molecule has 424 valence electrons. The summed E-state index contributed by atoms with van der Waals surface area (Å²) in [6, 6.07) is 3.89. The molecule has 2 fully saturated rings. The van der Waals surface area contributed by atoms with Gasteiger partial charge in [0, 0.05) is 65.0 Å². The van der Waals surface area contributed by atoms with Crippen LogP contribution in [-0.4, -0.2) is 173 Å². The normalized spacial score (nSPS) is 34.0. The van der Waals surface area contributed by atoms with Gasteiger partial charge in [0.2, 0.25) is 0 Å². The van der Waals surface area contributed by atoms with Crippen molar-refractivity contribution in [3.8, 4) is 0 Å². The summed E-state index contributed by atoms with van der Waals surface area (Å²) in [5.74, 6) is -7.32. The molecule has 1 aromatic heterocycles. The Morgan fingerprint density at radius 3 is 2.01 bits per heavy atom. The number of allylic oxidation sites excluding steroid dienone is 4. The zero-order valence-corrected chi connectivity index (χ0v) is 46.4. The quantitative estimate of drug-likeness (QED) is 0.101. The molecule has 4 heterocycles. The van der Waals surface area contributed by atoms with Gasteiger partial charge in [-0.3, -0.25) is 28.9 Å². The van der Waals surface area contributed by atoms with Gasteiger partial charge in [-0.05, 0) is 85.2 Å². The highest BCUT2D eigenvalue weighted by atomic mass is 16.7. The fraction of sp³-hybridized carbons (Fsp3) is 0.673. The molecule has 76 heavy (non-hydrogen) atoms. The van der Waals surface area contributed by atoms with Gasteiger partial charge < -0.3 is 56.8 Å². The van der Waals surface area contributed by atoms with Gasteiger partial charge in [-0.25, -0.2) is 14.6 Å². The van der Waals surface area contributed by atoms with Crippen LogP contribution in [0.25, 0.3) is 0 Å². The summed E-state index contributed by atoms with van der Waals surface area (Å²) in [6.45, 7) is 16.0. The van der Waals surface area contributed by atoms with E-state index in [1.54, 1.807) is 84.8 Å². The molecule has 0 amide bonds. The minimum absolute atomic E-state index is 0.0509. The Morgan fingerprint density at radius 1 is 0.789 bits per heavy atom. The van der Waals surface area contributed by atoms with Crippen LogP contribution in [0.15, 0.2) is 60.3 Å². The van der Waals surface area contributed by atoms with Crippen molar-refractivity contribution in [2.24, 2.45) is 23.7 Å². The maximum Gasteiger partial charge on any atom is 0.357 e. The van der Waals surface area contributed by atoms with Crippen molar-refractivity contribution in [2.45, 2.75) is 175 Å². The predicted octanol–water partition coefficient (Wildman–Crippen LogP) is 5.45. The third-order valence-corrected chi connectivity index (χ3v) is 13.6. The first kappa shape index (κ1) is 63.1. The van der Waals surface area contributed by atoms with Crippen molar-refractivity contribution in [1.82, 2.24) is 9.88 Å². The van der Waals surface area contributed by atoms with Gasteiger partial charge in [0.05, 0.1) is 44.0 Å². The topological polar surface area (TPSA) is 246 Å². The number of pyridine rings is 1. The van der Waals surface area contributed by atoms with Gasteiger partial charge in [0.25, 0.3) is 0 Å². The van der Waals surface area contributed by atoms with E-state index in [0.717, 1.165) is 0 Å². The molecule has 2 saturated heterocycles. The first-order valence-corrected chi connectivity index (χ1v) is 25.9. The van der Waals surface area contributed by atoms with Crippen LogP contribution < -0.4 is 0 Å². The number of hydrogen-bond acceptors (Lipinski definition) is 21. The summed E-state index contributed by atoms with van der Waals surface area (Å²) >= 11 is 0. The largest absolute Gasteiger partial charge is 0.463 e. The average molecular weight is 1070 g/mol.